The van der Waals surface area contributed by atoms with Gasteiger partial charge in [0.05, 0.1) is 17.7 Å². The molecule has 9 nitrogen and oxygen atoms in total. The number of carbonyl (C=O) groups is 1. The van der Waals surface area contributed by atoms with E-state index in [1.165, 1.54) is 30.5 Å². The third-order valence-corrected chi connectivity index (χ3v) is 5.96. The molecule has 0 aliphatic carbocycles. The van der Waals surface area contributed by atoms with Gasteiger partial charge in [0.1, 0.15) is 11.6 Å². The van der Waals surface area contributed by atoms with Crippen molar-refractivity contribution in [2.24, 2.45) is 0 Å². The lowest BCUT2D eigenvalue weighted by Crippen LogP contribution is -2.27. The molecule has 154 valence electrons. The quantitative estimate of drug-likeness (QED) is 0.442. The Morgan fingerprint density at radius 1 is 1.28 bits per heavy atom. The molecule has 1 amide bonds. The Labute approximate surface area is 173 Å². The molecule has 2 heterocycles. The van der Waals surface area contributed by atoms with Crippen molar-refractivity contribution in [1.29, 1.82) is 0 Å². The molecule has 0 spiro atoms. The van der Waals surface area contributed by atoms with Crippen LogP contribution in [0.2, 0.25) is 0 Å². The van der Waals surface area contributed by atoms with E-state index in [1.54, 1.807) is 12.1 Å². The van der Waals surface area contributed by atoms with Gasteiger partial charge in [-0.3, -0.25) is 9.89 Å². The van der Waals surface area contributed by atoms with Gasteiger partial charge in [-0.25, -0.2) is 13.1 Å². The van der Waals surface area contributed by atoms with Gasteiger partial charge in [0.2, 0.25) is 10.0 Å². The lowest BCUT2D eigenvalue weighted by atomic mass is 10.2. The van der Waals surface area contributed by atoms with Gasteiger partial charge in [-0.2, -0.15) is 5.10 Å². The molecule has 1 aromatic carbocycles. The van der Waals surface area contributed by atoms with Gasteiger partial charge in [-0.05, 0) is 55.5 Å². The minimum atomic E-state index is -3.70. The number of aromatic nitrogens is 3. The minimum absolute atomic E-state index is 0.0501. The van der Waals surface area contributed by atoms with Crippen LogP contribution in [0.3, 0.4) is 0 Å². The standard InChI is InChI=1S/C18H21N5O4S2/c1-2-23-16(21-22-18(23)28)9-10-19-17(24)13-5-7-15(8-6-13)29(25,26)20-12-14-4-3-11-27-14/h3-8,11,20H,2,9-10,12H2,1H3,(H,19,24)(H,22,28). The molecule has 3 N–H and O–H groups in total. The highest BCUT2D eigenvalue weighted by Crippen LogP contribution is 2.12. The number of aromatic amines is 1. The highest BCUT2D eigenvalue weighted by molar-refractivity contribution is 7.89. The molecule has 3 aromatic rings. The fourth-order valence-corrected chi connectivity index (χ4v) is 3.98. The summed E-state index contributed by atoms with van der Waals surface area (Å²) < 4.78 is 34.6. The van der Waals surface area contributed by atoms with Crippen LogP contribution in [0.5, 0.6) is 0 Å². The average Bonchev–Trinajstić information content (AvgIpc) is 3.36. The van der Waals surface area contributed by atoms with E-state index < -0.39 is 10.0 Å². The van der Waals surface area contributed by atoms with E-state index in [1.807, 2.05) is 11.5 Å². The number of sulfonamides is 1. The summed E-state index contributed by atoms with van der Waals surface area (Å²) in [5, 5.41) is 9.67. The fraction of sp³-hybridized carbons (Fsp3) is 0.278. The first-order valence-corrected chi connectivity index (χ1v) is 10.8. The smallest absolute Gasteiger partial charge is 0.251 e. The second-order valence-electron chi connectivity index (χ2n) is 6.12. The van der Waals surface area contributed by atoms with Gasteiger partial charge >= 0.3 is 0 Å². The van der Waals surface area contributed by atoms with Crippen molar-refractivity contribution < 1.29 is 17.6 Å². The second-order valence-corrected chi connectivity index (χ2v) is 8.28. The molecule has 29 heavy (non-hydrogen) atoms. The SMILES string of the molecule is CCn1c(CCNC(=O)c2ccc(S(=O)(=O)NCc3ccco3)cc2)n[nH]c1=S. The van der Waals surface area contributed by atoms with E-state index in [9.17, 15) is 13.2 Å². The molecule has 3 rings (SSSR count). The second kappa shape index (κ2) is 9.16. The summed E-state index contributed by atoms with van der Waals surface area (Å²) in [4.78, 5) is 12.4. The van der Waals surface area contributed by atoms with E-state index in [2.05, 4.69) is 20.2 Å². The first kappa shape index (κ1) is 21.0. The minimum Gasteiger partial charge on any atom is -0.468 e. The largest absolute Gasteiger partial charge is 0.468 e. The molecule has 0 atom stereocenters. The van der Waals surface area contributed by atoms with Crippen LogP contribution >= 0.6 is 12.2 Å². The van der Waals surface area contributed by atoms with Crippen molar-refractivity contribution in [3.63, 3.8) is 0 Å². The molecule has 0 unspecified atom stereocenters. The zero-order chi connectivity index (χ0) is 20.9. The van der Waals surface area contributed by atoms with E-state index >= 15 is 0 Å². The first-order chi connectivity index (χ1) is 13.9. The van der Waals surface area contributed by atoms with Crippen molar-refractivity contribution in [3.05, 3.63) is 64.6 Å². The Morgan fingerprint density at radius 2 is 2.03 bits per heavy atom. The maximum atomic E-state index is 12.3. The van der Waals surface area contributed by atoms with Crippen molar-refractivity contribution in [2.75, 3.05) is 6.54 Å². The van der Waals surface area contributed by atoms with Crippen LogP contribution in [0, 0.1) is 4.77 Å². The molecule has 0 bridgehead atoms. The molecule has 0 aliphatic rings. The number of hydrogen-bond donors (Lipinski definition) is 3. The predicted octanol–water partition coefficient (Wildman–Crippen LogP) is 2.00. The zero-order valence-electron chi connectivity index (χ0n) is 15.7. The van der Waals surface area contributed by atoms with Gasteiger partial charge in [0.25, 0.3) is 5.91 Å². The number of rotatable bonds is 9. The lowest BCUT2D eigenvalue weighted by molar-refractivity contribution is 0.0953. The van der Waals surface area contributed by atoms with Crippen LogP contribution in [0.1, 0.15) is 28.9 Å². The molecule has 0 saturated heterocycles. The number of benzene rings is 1. The third kappa shape index (κ3) is 5.19. The zero-order valence-corrected chi connectivity index (χ0v) is 17.3. The molecule has 2 aromatic heterocycles. The number of H-pyrrole nitrogens is 1. The van der Waals surface area contributed by atoms with Gasteiger partial charge < -0.3 is 14.3 Å². The molecular weight excluding hydrogens is 414 g/mol. The van der Waals surface area contributed by atoms with E-state index in [-0.39, 0.29) is 17.3 Å². The summed E-state index contributed by atoms with van der Waals surface area (Å²) in [6.07, 6.45) is 2.00. The summed E-state index contributed by atoms with van der Waals surface area (Å²) in [5.74, 6) is 0.977. The van der Waals surface area contributed by atoms with Crippen molar-refractivity contribution in [3.8, 4) is 0 Å². The lowest BCUT2D eigenvalue weighted by Gasteiger charge is -2.08. The monoisotopic (exact) mass is 435 g/mol. The molecule has 0 aliphatic heterocycles. The van der Waals surface area contributed by atoms with Crippen molar-refractivity contribution >= 4 is 28.1 Å². The van der Waals surface area contributed by atoms with Crippen LogP contribution in [0.4, 0.5) is 0 Å². The summed E-state index contributed by atoms with van der Waals surface area (Å²) in [7, 11) is -3.70. The summed E-state index contributed by atoms with van der Waals surface area (Å²) in [6.45, 7) is 3.09. The van der Waals surface area contributed by atoms with Crippen LogP contribution in [0.25, 0.3) is 0 Å². The topological polar surface area (TPSA) is 122 Å². The maximum Gasteiger partial charge on any atom is 0.251 e. The number of hydrogen-bond acceptors (Lipinski definition) is 6. The average molecular weight is 436 g/mol. The van der Waals surface area contributed by atoms with Crippen LogP contribution in [0.15, 0.2) is 52.0 Å². The molecule has 0 radical (unpaired) electrons. The number of amides is 1. The predicted molar refractivity (Wildman–Crippen MR) is 108 cm³/mol. The Hall–Kier alpha value is -2.76. The Balaban J connectivity index is 1.56. The van der Waals surface area contributed by atoms with E-state index in [4.69, 9.17) is 16.6 Å². The van der Waals surface area contributed by atoms with Crippen LogP contribution < -0.4 is 10.0 Å². The molecular formula is C18H21N5O4S2. The van der Waals surface area contributed by atoms with Crippen molar-refractivity contribution in [1.82, 2.24) is 24.8 Å². The van der Waals surface area contributed by atoms with Gasteiger partial charge in [0.15, 0.2) is 4.77 Å². The number of furan rings is 1. The summed E-state index contributed by atoms with van der Waals surface area (Å²) in [5.41, 5.74) is 0.365. The fourth-order valence-electron chi connectivity index (χ4n) is 2.71. The maximum absolute atomic E-state index is 12.3. The van der Waals surface area contributed by atoms with Gasteiger partial charge in [0, 0.05) is 25.1 Å². The number of nitrogens with zero attached hydrogens (tertiary/aromatic N) is 2. The molecule has 0 saturated carbocycles. The van der Waals surface area contributed by atoms with Crippen LogP contribution in [-0.2, 0) is 29.5 Å². The molecule has 11 heteroatoms. The third-order valence-electron chi connectivity index (χ3n) is 4.23. The Kier molecular flexibility index (Phi) is 6.62. The van der Waals surface area contributed by atoms with Gasteiger partial charge in [-0.1, -0.05) is 0 Å². The first-order valence-electron chi connectivity index (χ1n) is 8.95. The summed E-state index contributed by atoms with van der Waals surface area (Å²) >= 11 is 5.13. The van der Waals surface area contributed by atoms with E-state index in [0.717, 1.165) is 5.82 Å². The summed E-state index contributed by atoms with van der Waals surface area (Å²) in [6, 6.07) is 9.08. The normalized spacial score (nSPS) is 11.5. The highest BCUT2D eigenvalue weighted by Gasteiger charge is 2.15. The Bertz CT molecular complexity index is 1120. The van der Waals surface area contributed by atoms with Gasteiger partial charge in [-0.15, -0.1) is 0 Å². The Morgan fingerprint density at radius 3 is 2.69 bits per heavy atom. The highest BCUT2D eigenvalue weighted by atomic mass is 32.2. The number of nitrogens with one attached hydrogen (secondary N) is 3. The van der Waals surface area contributed by atoms with Crippen LogP contribution in [-0.4, -0.2) is 35.6 Å². The van der Waals surface area contributed by atoms with Crippen molar-refractivity contribution in [2.45, 2.75) is 31.3 Å². The van der Waals surface area contributed by atoms with E-state index in [0.29, 0.717) is 35.6 Å². The number of carbonyl (C=O) groups excluding carboxylic acids is 1. The molecule has 0 fully saturated rings.